The van der Waals surface area contributed by atoms with Crippen molar-refractivity contribution in [2.45, 2.75) is 84.5 Å². The molecule has 0 N–H and O–H groups in total. The second-order valence-corrected chi connectivity index (χ2v) is 8.92. The molecule has 2 aromatic carbocycles. The van der Waals surface area contributed by atoms with Crippen molar-refractivity contribution in [3.05, 3.63) is 66.2 Å². The van der Waals surface area contributed by atoms with Crippen LogP contribution in [0.1, 0.15) is 83.6 Å². The molecule has 2 aromatic rings. The average molecular weight is 451 g/mol. The maximum Gasteiger partial charge on any atom is 0.333 e. The maximum absolute atomic E-state index is 11.3. The summed E-state index contributed by atoms with van der Waals surface area (Å²) in [7, 11) is 0. The molecule has 0 saturated carbocycles. The van der Waals surface area contributed by atoms with Crippen molar-refractivity contribution in [1.82, 2.24) is 0 Å². The number of carbonyl (C=O) groups excluding carboxylic acids is 1. The van der Waals surface area contributed by atoms with Gasteiger partial charge < -0.3 is 9.47 Å². The van der Waals surface area contributed by atoms with Gasteiger partial charge in [0.25, 0.3) is 0 Å². The molecule has 0 radical (unpaired) electrons. The molecule has 0 saturated heterocycles. The molecule has 3 heteroatoms. The third kappa shape index (κ3) is 11.2. The van der Waals surface area contributed by atoms with Gasteiger partial charge in [0.2, 0.25) is 0 Å². The minimum absolute atomic E-state index is 0.278. The van der Waals surface area contributed by atoms with Gasteiger partial charge in [0.15, 0.2) is 0 Å². The first-order valence-corrected chi connectivity index (χ1v) is 12.7. The number of ether oxygens (including phenoxy) is 2. The number of aryl methyl sites for hydroxylation is 1. The summed E-state index contributed by atoms with van der Waals surface area (Å²) in [4.78, 5) is 11.3. The molecule has 0 heterocycles. The molecular formula is C30H42O3. The first-order chi connectivity index (χ1) is 16.1. The Morgan fingerprint density at radius 3 is 1.91 bits per heavy atom. The molecule has 0 aliphatic rings. The molecule has 0 bridgehead atoms. The summed E-state index contributed by atoms with van der Waals surface area (Å²) < 4.78 is 11.0. The third-order valence-corrected chi connectivity index (χ3v) is 5.85. The summed E-state index contributed by atoms with van der Waals surface area (Å²) in [6, 6.07) is 17.4. The summed E-state index contributed by atoms with van der Waals surface area (Å²) in [6.07, 6.45) is 13.0. The van der Waals surface area contributed by atoms with Crippen molar-refractivity contribution >= 4 is 5.97 Å². The van der Waals surface area contributed by atoms with E-state index < -0.39 is 0 Å². The SMILES string of the molecule is C=C(C)C(=O)OCCCCCCCCc1ccc(-c2ccc(OCCCCCC)cc2)cc1. The van der Waals surface area contributed by atoms with Gasteiger partial charge in [-0.15, -0.1) is 0 Å². The van der Waals surface area contributed by atoms with Gasteiger partial charge in [0, 0.05) is 5.57 Å². The Hall–Kier alpha value is -2.55. The summed E-state index contributed by atoms with van der Waals surface area (Å²) >= 11 is 0. The van der Waals surface area contributed by atoms with Crippen molar-refractivity contribution in [2.24, 2.45) is 0 Å². The van der Waals surface area contributed by atoms with Crippen LogP contribution in [0.25, 0.3) is 11.1 Å². The van der Waals surface area contributed by atoms with E-state index in [0.717, 1.165) is 38.0 Å². The Morgan fingerprint density at radius 1 is 0.727 bits per heavy atom. The zero-order valence-electron chi connectivity index (χ0n) is 20.7. The van der Waals surface area contributed by atoms with E-state index in [1.54, 1.807) is 6.92 Å². The summed E-state index contributed by atoms with van der Waals surface area (Å²) in [5, 5.41) is 0. The standard InChI is InChI=1S/C30H42O3/c1-4-5-6-12-23-32-29-21-19-28(20-22-29)27-17-15-26(16-18-27)14-11-9-7-8-10-13-24-33-30(31)25(2)3/h15-22H,2,4-14,23-24H2,1,3H3. The predicted molar refractivity (Wildman–Crippen MR) is 139 cm³/mol. The second-order valence-electron chi connectivity index (χ2n) is 8.92. The van der Waals surface area contributed by atoms with Crippen LogP contribution in [0.2, 0.25) is 0 Å². The van der Waals surface area contributed by atoms with Gasteiger partial charge in [-0.1, -0.05) is 94.8 Å². The zero-order valence-corrected chi connectivity index (χ0v) is 20.7. The molecule has 0 unspecified atom stereocenters. The molecule has 3 nitrogen and oxygen atoms in total. The van der Waals surface area contributed by atoms with Crippen LogP contribution >= 0.6 is 0 Å². The van der Waals surface area contributed by atoms with Crippen LogP contribution in [0.4, 0.5) is 0 Å². The summed E-state index contributed by atoms with van der Waals surface area (Å²) in [5.41, 5.74) is 4.35. The van der Waals surface area contributed by atoms with E-state index in [0.29, 0.717) is 12.2 Å². The van der Waals surface area contributed by atoms with Gasteiger partial charge in [-0.2, -0.15) is 0 Å². The Labute approximate surface area is 201 Å². The highest BCUT2D eigenvalue weighted by molar-refractivity contribution is 5.86. The predicted octanol–water partition coefficient (Wildman–Crippen LogP) is 8.32. The fourth-order valence-electron chi connectivity index (χ4n) is 3.75. The molecule has 0 aliphatic heterocycles. The van der Waals surface area contributed by atoms with Crippen LogP contribution in [0.15, 0.2) is 60.7 Å². The first kappa shape index (κ1) is 26.7. The minimum Gasteiger partial charge on any atom is -0.494 e. The monoisotopic (exact) mass is 450 g/mol. The molecule has 0 spiro atoms. The van der Waals surface area contributed by atoms with Gasteiger partial charge in [-0.05, 0) is 61.4 Å². The largest absolute Gasteiger partial charge is 0.494 e. The van der Waals surface area contributed by atoms with Gasteiger partial charge in [0.1, 0.15) is 5.75 Å². The van der Waals surface area contributed by atoms with Gasteiger partial charge in [-0.3, -0.25) is 0 Å². The lowest BCUT2D eigenvalue weighted by Gasteiger charge is -2.08. The molecule has 0 fully saturated rings. The van der Waals surface area contributed by atoms with Crippen molar-refractivity contribution in [1.29, 1.82) is 0 Å². The molecule has 0 aromatic heterocycles. The fourth-order valence-corrected chi connectivity index (χ4v) is 3.75. The number of unbranched alkanes of at least 4 members (excludes halogenated alkanes) is 8. The van der Waals surface area contributed by atoms with Crippen LogP contribution in [0, 0.1) is 0 Å². The lowest BCUT2D eigenvalue weighted by molar-refractivity contribution is -0.139. The van der Waals surface area contributed by atoms with Gasteiger partial charge >= 0.3 is 5.97 Å². The van der Waals surface area contributed by atoms with E-state index >= 15 is 0 Å². The Kier molecular flexibility index (Phi) is 13.0. The zero-order chi connectivity index (χ0) is 23.7. The highest BCUT2D eigenvalue weighted by Crippen LogP contribution is 2.23. The lowest BCUT2D eigenvalue weighted by atomic mass is 10.0. The maximum atomic E-state index is 11.3. The quantitative estimate of drug-likeness (QED) is 0.138. The highest BCUT2D eigenvalue weighted by Gasteiger charge is 2.03. The van der Waals surface area contributed by atoms with Gasteiger partial charge in [-0.25, -0.2) is 4.79 Å². The number of carbonyl (C=O) groups is 1. The molecule has 2 rings (SSSR count). The van der Waals surface area contributed by atoms with Gasteiger partial charge in [0.05, 0.1) is 13.2 Å². The fraction of sp³-hybridized carbons (Fsp3) is 0.500. The number of hydrogen-bond acceptors (Lipinski definition) is 3. The van der Waals surface area contributed by atoms with Crippen molar-refractivity contribution in [3.8, 4) is 16.9 Å². The minimum atomic E-state index is -0.278. The van der Waals surface area contributed by atoms with Crippen LogP contribution in [-0.4, -0.2) is 19.2 Å². The Balaban J connectivity index is 1.59. The van der Waals surface area contributed by atoms with Crippen LogP contribution in [-0.2, 0) is 16.0 Å². The number of benzene rings is 2. The van der Waals surface area contributed by atoms with Crippen molar-refractivity contribution in [2.75, 3.05) is 13.2 Å². The van der Waals surface area contributed by atoms with E-state index in [9.17, 15) is 4.79 Å². The van der Waals surface area contributed by atoms with Crippen molar-refractivity contribution in [3.63, 3.8) is 0 Å². The van der Waals surface area contributed by atoms with Crippen molar-refractivity contribution < 1.29 is 14.3 Å². The average Bonchev–Trinajstić information content (AvgIpc) is 2.83. The first-order valence-electron chi connectivity index (χ1n) is 12.7. The highest BCUT2D eigenvalue weighted by atomic mass is 16.5. The smallest absolute Gasteiger partial charge is 0.333 e. The summed E-state index contributed by atoms with van der Waals surface area (Å²) in [6.45, 7) is 8.81. The van der Waals surface area contributed by atoms with Crippen LogP contribution < -0.4 is 4.74 Å². The van der Waals surface area contributed by atoms with Crippen LogP contribution in [0.3, 0.4) is 0 Å². The van der Waals surface area contributed by atoms with E-state index in [-0.39, 0.29) is 5.97 Å². The Morgan fingerprint density at radius 2 is 1.27 bits per heavy atom. The molecular weight excluding hydrogens is 408 g/mol. The van der Waals surface area contributed by atoms with E-state index in [1.165, 1.54) is 61.6 Å². The second kappa shape index (κ2) is 16.1. The number of rotatable bonds is 17. The number of esters is 1. The van der Waals surface area contributed by atoms with E-state index in [1.807, 2.05) is 0 Å². The van der Waals surface area contributed by atoms with Crippen LogP contribution in [0.5, 0.6) is 5.75 Å². The lowest BCUT2D eigenvalue weighted by Crippen LogP contribution is -2.05. The molecule has 0 atom stereocenters. The molecule has 0 aliphatic carbocycles. The summed E-state index contributed by atoms with van der Waals surface area (Å²) in [5.74, 6) is 0.681. The number of hydrogen-bond donors (Lipinski definition) is 0. The molecule has 180 valence electrons. The third-order valence-electron chi connectivity index (χ3n) is 5.85. The van der Waals surface area contributed by atoms with E-state index in [4.69, 9.17) is 9.47 Å². The topological polar surface area (TPSA) is 35.5 Å². The Bertz CT molecular complexity index is 805. The van der Waals surface area contributed by atoms with E-state index in [2.05, 4.69) is 62.0 Å². The molecule has 33 heavy (non-hydrogen) atoms. The molecule has 0 amide bonds. The normalized spacial score (nSPS) is 10.7.